The Hall–Kier alpha value is -1.83. The molecule has 434 valence electrons. The van der Waals surface area contributed by atoms with Gasteiger partial charge >= 0.3 is 250 Å². The van der Waals surface area contributed by atoms with E-state index in [1.807, 2.05) is 85.9 Å². The Morgan fingerprint density at radius 2 is 0.953 bits per heavy atom. The number of anilines is 3. The number of nitrogen functional groups attached to an aromatic ring is 3. The van der Waals surface area contributed by atoms with Crippen molar-refractivity contribution in [2.75, 3.05) is 45.4 Å². The predicted molar refractivity (Wildman–Crippen MR) is 318 cm³/mol. The average Bonchev–Trinajstić information content (AvgIpc) is 3.64. The molecule has 0 radical (unpaired) electrons. The Morgan fingerprint density at radius 1 is 0.570 bits per heavy atom. The van der Waals surface area contributed by atoms with Crippen LogP contribution in [0.2, 0.25) is 0 Å². The van der Waals surface area contributed by atoms with Gasteiger partial charge in [-0.15, -0.1) is 0 Å². The summed E-state index contributed by atoms with van der Waals surface area (Å²) >= 11 is 25.1. The Balaban J connectivity index is -0.000000968. The van der Waals surface area contributed by atoms with Crippen LogP contribution < -0.4 is 266 Å². The molecule has 7 aromatic rings. The number of rotatable bonds is 13. The van der Waals surface area contributed by atoms with E-state index in [4.69, 9.17) is 89.2 Å². The normalized spacial score (nSPS) is 9.23. The second-order valence-corrected chi connectivity index (χ2v) is 18.3. The third kappa shape index (κ3) is 35.1. The van der Waals surface area contributed by atoms with Gasteiger partial charge in [0, 0.05) is 98.3 Å². The number of non-ortho nitro benzene ring substituents is 2. The van der Waals surface area contributed by atoms with Crippen LogP contribution in [0.4, 0.5) is 42.4 Å². The maximum Gasteiger partial charge on any atom is 1.00 e. The van der Waals surface area contributed by atoms with Gasteiger partial charge in [-0.05, 0) is 66.2 Å². The monoisotopic (exact) mass is 1550 g/mol. The number of carbonyl (C=O) groups excluding carboxylic acids is 4. The van der Waals surface area contributed by atoms with Gasteiger partial charge in [0.05, 0.1) is 9.85 Å². The van der Waals surface area contributed by atoms with Crippen molar-refractivity contribution in [3.63, 3.8) is 0 Å². The smallest absolute Gasteiger partial charge is 0.779 e. The predicted octanol–water partition coefficient (Wildman–Crippen LogP) is -2.76. The molecule has 31 heteroatoms. The van der Waals surface area contributed by atoms with Crippen molar-refractivity contribution in [3.8, 4) is 0 Å². The number of nitro benzene ring substituents is 2. The molecule has 0 fully saturated rings. The first-order valence-corrected chi connectivity index (χ1v) is 25.5. The summed E-state index contributed by atoms with van der Waals surface area (Å²) < 4.78 is 22.5. The largest absolute Gasteiger partial charge is 1.00 e. The fourth-order valence-corrected chi connectivity index (χ4v) is 6.99. The Kier molecular flexibility index (Phi) is 50.2. The van der Waals surface area contributed by atoms with Gasteiger partial charge in [-0.25, -0.2) is 18.8 Å². The molecule has 7 rings (SSSR count). The minimum Gasteiger partial charge on any atom is -0.779 e. The van der Waals surface area contributed by atoms with Crippen LogP contribution in [0.3, 0.4) is 0 Å². The number of nitrogens with two attached hydrogens (primary N) is 3. The van der Waals surface area contributed by atoms with Gasteiger partial charge in [0.15, 0.2) is 0 Å². The summed E-state index contributed by atoms with van der Waals surface area (Å²) in [4.78, 5) is 77.9. The van der Waals surface area contributed by atoms with Gasteiger partial charge in [-0.2, -0.15) is 19.6 Å². The number of nitro groups is 2. The van der Waals surface area contributed by atoms with E-state index in [-0.39, 0.29) is 263 Å². The van der Waals surface area contributed by atoms with Gasteiger partial charge in [0.1, 0.15) is 24.6 Å². The zero-order valence-corrected chi connectivity index (χ0v) is 71.8. The van der Waals surface area contributed by atoms with Crippen LogP contribution in [0.1, 0.15) is 53.3 Å². The number of hydrogen-bond acceptors (Lipinski definition) is 19. The summed E-state index contributed by atoms with van der Waals surface area (Å²) in [6.45, 7) is 1.65. The topological polar surface area (TPSA) is 328 Å². The third-order valence-corrected chi connectivity index (χ3v) is 11.8. The van der Waals surface area contributed by atoms with E-state index in [2.05, 4.69) is 20.7 Å². The third-order valence-electron chi connectivity index (χ3n) is 10.2. The van der Waals surface area contributed by atoms with Gasteiger partial charge in [0.25, 0.3) is 11.4 Å². The molecule has 0 saturated carbocycles. The fraction of sp³-hybridized carbons (Fsp3) is 0.145. The number of nitrogens with zero attached hydrogens (tertiary/aromatic N) is 3. The number of hydrogen-bond donors (Lipinski definition) is 7. The van der Waals surface area contributed by atoms with E-state index in [1.165, 1.54) is 30.1 Å². The average molecular weight is 1560 g/mol. The molecular weight excluding hydrogens is 1500 g/mol. The van der Waals surface area contributed by atoms with Crippen molar-refractivity contribution in [2.24, 2.45) is 0 Å². The molecule has 86 heavy (non-hydrogen) atoms. The second-order valence-electron chi connectivity index (χ2n) is 16.3. The first-order chi connectivity index (χ1) is 38.8. The zero-order chi connectivity index (χ0) is 61.5. The van der Waals surface area contributed by atoms with Crippen molar-refractivity contribution in [1.29, 1.82) is 0 Å². The summed E-state index contributed by atoms with van der Waals surface area (Å²) in [7, 11) is 6.56. The van der Waals surface area contributed by atoms with Gasteiger partial charge < -0.3 is 103 Å². The number of carboxylic acids is 1. The van der Waals surface area contributed by atoms with Crippen molar-refractivity contribution in [2.45, 2.75) is 45.9 Å². The van der Waals surface area contributed by atoms with Crippen LogP contribution in [0, 0.1) is 26.0 Å². The standard InChI is InChI=1S/C16H18N2O2S.C8H7ClO2.C8H8N2O3S.C8H10N2OS.C8H12N2S.C7H4FNO4.4Rb/c1-18(10-13-9-14(17)7-8-15(13)21)16(19)20-11-12-5-3-2-4-6-12;9-8(10)11-6-7-4-2-1-3-5-7;1-9-8(11)6-4-5(10(12)13)2-3-7(6)14;1-10-8(11)6-4-5(9)2-3-7(6)12;1-10-5-6-4-7(9)2-3-8(6)11;8-6-2-1-4(9(12)13)3-5(6)7(10)11;;;;/h2-9,21H,10-11,17H2,1H3;1-5H,6H2;2-4,14H,1H3,(H,9,11);2-4,12H,9H2,1H3,(H,10,11);2-4,10-11H,5,9H2,1H3;1-3H,(H,10,11);;;;/q;;;;;;4*+1/p-4. The molecule has 0 atom stereocenters. The van der Waals surface area contributed by atoms with Crippen molar-refractivity contribution in [3.05, 3.63) is 217 Å². The SMILES string of the molecule is CN(Cc1cc(N)ccc1[S-])C(=O)OCc1ccccc1.CNC(=O)c1cc(N)ccc1[S-].CNC(=O)c1cc([N+](=O)[O-])ccc1[S-].CNCc1cc(N)ccc1[S-].O=C(Cl)OCc1ccccc1.O=C(O)c1cc([N+](=O)[O-])ccc1F.[Rb+].[Rb+].[Rb+].[Rb+]. The van der Waals surface area contributed by atoms with E-state index >= 15 is 0 Å². The van der Waals surface area contributed by atoms with Crippen LogP contribution >= 0.6 is 11.6 Å². The van der Waals surface area contributed by atoms with Gasteiger partial charge in [-0.1, -0.05) is 90.5 Å². The number of amides is 3. The number of aromatic carboxylic acids is 1. The second kappa shape index (κ2) is 48.9. The molecule has 21 nitrogen and oxygen atoms in total. The number of ether oxygens (including phenoxy) is 2. The minimum atomic E-state index is -1.53. The van der Waals surface area contributed by atoms with E-state index in [1.54, 1.807) is 50.5 Å². The van der Waals surface area contributed by atoms with Gasteiger partial charge in [0.2, 0.25) is 11.8 Å². The van der Waals surface area contributed by atoms with Crippen molar-refractivity contribution in [1.82, 2.24) is 20.9 Å². The van der Waals surface area contributed by atoms with Crippen LogP contribution in [0.5, 0.6) is 0 Å². The van der Waals surface area contributed by atoms with Crippen molar-refractivity contribution >= 4 is 120 Å². The summed E-state index contributed by atoms with van der Waals surface area (Å²) in [5.74, 6) is -3.13. The molecule has 0 aliphatic rings. The van der Waals surface area contributed by atoms with Crippen molar-refractivity contribution < 1.29 is 286 Å². The Labute approximate surface area is 719 Å². The van der Waals surface area contributed by atoms with E-state index in [0.29, 0.717) is 44.2 Å². The molecule has 0 heterocycles. The van der Waals surface area contributed by atoms with E-state index in [9.17, 15) is 48.6 Å². The molecule has 0 aromatic heterocycles. The Bertz CT molecular complexity index is 3310. The first kappa shape index (κ1) is 88.4. The molecule has 0 saturated heterocycles. The maximum absolute atomic E-state index is 12.7. The molecule has 0 aliphatic heterocycles. The van der Waals surface area contributed by atoms with Crippen LogP contribution in [-0.2, 0) is 86.3 Å². The summed E-state index contributed by atoms with van der Waals surface area (Å²) in [5.41, 5.74) is 21.1. The number of nitrogens with one attached hydrogen (secondary N) is 3. The number of carbonyl (C=O) groups is 5. The Morgan fingerprint density at radius 3 is 1.38 bits per heavy atom. The van der Waals surface area contributed by atoms with Crippen LogP contribution in [-0.4, -0.2) is 77.3 Å². The maximum atomic E-state index is 12.7. The fourth-order valence-electron chi connectivity index (χ4n) is 6.11. The van der Waals surface area contributed by atoms with Gasteiger partial charge in [-0.3, -0.25) is 29.8 Å². The number of carboxylic acid groups (broad SMARTS) is 1. The summed E-state index contributed by atoms with van der Waals surface area (Å²) in [5, 5.41) is 36.9. The molecule has 0 aliphatic carbocycles. The molecular formula is C55H55ClFN9O12Rb4S4. The number of benzene rings is 7. The molecule has 3 amide bonds. The zero-order valence-electron chi connectivity index (χ0n) is 48.2. The molecule has 7 aromatic carbocycles. The van der Waals surface area contributed by atoms with E-state index in [0.717, 1.165) is 51.5 Å². The summed E-state index contributed by atoms with van der Waals surface area (Å²) in [6.07, 6.45) is -0.393. The molecule has 10 N–H and O–H groups in total. The molecule has 0 spiro atoms. The number of halogens is 2. The van der Waals surface area contributed by atoms with E-state index < -0.39 is 50.3 Å². The minimum absolute atomic E-state index is 0. The van der Waals surface area contributed by atoms with Crippen LogP contribution in [0.25, 0.3) is 0 Å². The van der Waals surface area contributed by atoms with Crippen LogP contribution in [0.15, 0.2) is 171 Å². The first-order valence-electron chi connectivity index (χ1n) is 23.5. The molecule has 0 bridgehead atoms. The molecule has 0 unspecified atom stereocenters. The summed E-state index contributed by atoms with van der Waals surface area (Å²) in [6, 6.07) is 40.8. The quantitative estimate of drug-likeness (QED) is 0.0202.